The molecule has 0 bridgehead atoms. The van der Waals surface area contributed by atoms with Crippen LogP contribution in [0.15, 0.2) is 0 Å². The summed E-state index contributed by atoms with van der Waals surface area (Å²) in [6.45, 7) is 6.69. The van der Waals surface area contributed by atoms with Crippen LogP contribution in [0.2, 0.25) is 0 Å². The number of ether oxygens (including phenoxy) is 3. The van der Waals surface area contributed by atoms with Gasteiger partial charge in [0.15, 0.2) is 0 Å². The summed E-state index contributed by atoms with van der Waals surface area (Å²) in [5.74, 6) is -0.478. The number of nitrogens with one attached hydrogen (secondary N) is 1. The van der Waals surface area contributed by atoms with Gasteiger partial charge in [-0.25, -0.2) is 0 Å². The smallest absolute Gasteiger partial charge is 0.302 e. The quantitative estimate of drug-likeness (QED) is 0.412. The highest BCUT2D eigenvalue weighted by Gasteiger charge is 2.46. The normalized spacial score (nSPS) is 27.7. The van der Waals surface area contributed by atoms with E-state index in [0.29, 0.717) is 6.54 Å². The van der Waals surface area contributed by atoms with E-state index in [2.05, 4.69) is 5.32 Å². The molecular formula is C18H32N2O6S. The fourth-order valence-corrected chi connectivity index (χ4v) is 4.24. The minimum atomic E-state index is -0.567. The summed E-state index contributed by atoms with van der Waals surface area (Å²) in [5.41, 5.74) is 5.11. The molecule has 1 rings (SSSR count). The number of amides is 1. The van der Waals surface area contributed by atoms with Crippen LogP contribution in [-0.2, 0) is 28.6 Å². The van der Waals surface area contributed by atoms with Crippen LogP contribution in [-0.4, -0.2) is 60.4 Å². The van der Waals surface area contributed by atoms with Gasteiger partial charge in [0.1, 0.15) is 24.2 Å². The molecule has 1 heterocycles. The van der Waals surface area contributed by atoms with Gasteiger partial charge in [-0.2, -0.15) is 0 Å². The monoisotopic (exact) mass is 404 g/mol. The highest BCUT2D eigenvalue weighted by atomic mass is 32.2. The van der Waals surface area contributed by atoms with Crippen molar-refractivity contribution in [3.63, 3.8) is 0 Å². The molecule has 5 atom stereocenters. The molecule has 0 saturated carbocycles. The van der Waals surface area contributed by atoms with Crippen LogP contribution < -0.4 is 11.1 Å². The predicted molar refractivity (Wildman–Crippen MR) is 103 cm³/mol. The predicted octanol–water partition coefficient (Wildman–Crippen LogP) is 1.21. The topological polar surface area (TPSA) is 117 Å². The van der Waals surface area contributed by atoms with Crippen LogP contribution in [0, 0.1) is 5.92 Å². The molecule has 156 valence electrons. The maximum atomic E-state index is 11.7. The van der Waals surface area contributed by atoms with Crippen molar-refractivity contribution in [3.05, 3.63) is 0 Å². The van der Waals surface area contributed by atoms with Crippen molar-refractivity contribution in [2.24, 2.45) is 11.7 Å². The Balaban J connectivity index is 2.90. The van der Waals surface area contributed by atoms with Crippen LogP contribution in [0.5, 0.6) is 0 Å². The van der Waals surface area contributed by atoms with Gasteiger partial charge in [-0.1, -0.05) is 13.3 Å². The lowest BCUT2D eigenvalue weighted by atomic mass is 9.89. The summed E-state index contributed by atoms with van der Waals surface area (Å²) in [4.78, 5) is 34.5. The third-order valence-corrected chi connectivity index (χ3v) is 5.57. The van der Waals surface area contributed by atoms with Crippen molar-refractivity contribution in [2.45, 2.75) is 70.6 Å². The molecule has 1 fully saturated rings. The van der Waals surface area contributed by atoms with E-state index >= 15 is 0 Å². The molecule has 8 nitrogen and oxygen atoms in total. The molecule has 0 aromatic carbocycles. The molecule has 1 saturated heterocycles. The zero-order valence-corrected chi connectivity index (χ0v) is 17.4. The minimum Gasteiger partial charge on any atom is -0.463 e. The SMILES string of the molecule is CC(=O)NC1[C@H](SCCCCCN)OC(COC(C)=O)[C@H](C)[C@H]1OC(C)=O. The van der Waals surface area contributed by atoms with E-state index in [4.69, 9.17) is 19.9 Å². The van der Waals surface area contributed by atoms with Crippen molar-refractivity contribution < 1.29 is 28.6 Å². The van der Waals surface area contributed by atoms with Gasteiger partial charge in [-0.05, 0) is 25.1 Å². The van der Waals surface area contributed by atoms with Gasteiger partial charge in [-0.15, -0.1) is 11.8 Å². The summed E-state index contributed by atoms with van der Waals surface area (Å²) >= 11 is 1.56. The molecule has 0 aliphatic carbocycles. The van der Waals surface area contributed by atoms with E-state index in [1.54, 1.807) is 11.8 Å². The maximum Gasteiger partial charge on any atom is 0.302 e. The van der Waals surface area contributed by atoms with Gasteiger partial charge >= 0.3 is 11.9 Å². The van der Waals surface area contributed by atoms with E-state index in [0.717, 1.165) is 25.0 Å². The largest absolute Gasteiger partial charge is 0.463 e. The summed E-state index contributed by atoms with van der Waals surface area (Å²) in [6, 6.07) is -0.477. The number of carbonyl (C=O) groups excluding carboxylic acids is 3. The Hall–Kier alpha value is -1.32. The first-order valence-corrected chi connectivity index (χ1v) is 10.4. The van der Waals surface area contributed by atoms with Crippen LogP contribution in [0.1, 0.15) is 47.0 Å². The number of thioether (sulfide) groups is 1. The number of esters is 2. The third kappa shape index (κ3) is 8.49. The number of rotatable bonds is 10. The Morgan fingerprint density at radius 1 is 1.11 bits per heavy atom. The van der Waals surface area contributed by atoms with E-state index in [-0.39, 0.29) is 18.4 Å². The highest BCUT2D eigenvalue weighted by Crippen LogP contribution is 2.34. The third-order valence-electron chi connectivity index (χ3n) is 4.31. The molecule has 0 radical (unpaired) electrons. The Labute approximate surface area is 165 Å². The van der Waals surface area contributed by atoms with Gasteiger partial charge < -0.3 is 25.3 Å². The number of hydrogen-bond acceptors (Lipinski definition) is 8. The van der Waals surface area contributed by atoms with Crippen molar-refractivity contribution in [1.82, 2.24) is 5.32 Å². The number of unbranched alkanes of at least 4 members (excludes halogenated alkanes) is 2. The van der Waals surface area contributed by atoms with E-state index < -0.39 is 35.6 Å². The highest BCUT2D eigenvalue weighted by molar-refractivity contribution is 7.99. The average molecular weight is 405 g/mol. The van der Waals surface area contributed by atoms with Crippen molar-refractivity contribution in [1.29, 1.82) is 0 Å². The number of nitrogens with two attached hydrogens (primary N) is 1. The molecular weight excluding hydrogens is 372 g/mol. The second-order valence-corrected chi connectivity index (χ2v) is 7.93. The summed E-state index contributed by atoms with van der Waals surface area (Å²) in [6.07, 6.45) is 1.95. The summed E-state index contributed by atoms with van der Waals surface area (Å²) < 4.78 is 16.8. The number of carbonyl (C=O) groups is 3. The Morgan fingerprint density at radius 3 is 2.37 bits per heavy atom. The Morgan fingerprint density at radius 2 is 1.81 bits per heavy atom. The van der Waals surface area contributed by atoms with Gasteiger partial charge in [0.25, 0.3) is 0 Å². The second-order valence-electron chi connectivity index (χ2n) is 6.73. The van der Waals surface area contributed by atoms with Crippen LogP contribution in [0.4, 0.5) is 0 Å². The lowest BCUT2D eigenvalue weighted by molar-refractivity contribution is -0.180. The molecule has 0 aromatic rings. The zero-order chi connectivity index (χ0) is 20.4. The van der Waals surface area contributed by atoms with Crippen LogP contribution >= 0.6 is 11.8 Å². The molecule has 1 aliphatic rings. The standard InChI is InChI=1S/C18H32N2O6S/c1-11-15(10-24-13(3)22)26-18(27-9-7-5-6-8-19)16(20-12(2)21)17(11)25-14(4)23/h11,15-18H,5-10,19H2,1-4H3,(H,20,21)/t11-,15?,16?,17+,18-/m0/s1. The van der Waals surface area contributed by atoms with Gasteiger partial charge in [0, 0.05) is 26.7 Å². The van der Waals surface area contributed by atoms with Crippen molar-refractivity contribution >= 4 is 29.6 Å². The van der Waals surface area contributed by atoms with Crippen LogP contribution in [0.3, 0.4) is 0 Å². The number of hydrogen-bond donors (Lipinski definition) is 2. The molecule has 1 amide bonds. The average Bonchev–Trinajstić information content (AvgIpc) is 2.57. The first-order valence-electron chi connectivity index (χ1n) is 9.31. The lowest BCUT2D eigenvalue weighted by Crippen LogP contribution is -2.61. The van der Waals surface area contributed by atoms with Gasteiger partial charge in [-0.3, -0.25) is 14.4 Å². The fraction of sp³-hybridized carbons (Fsp3) is 0.833. The van der Waals surface area contributed by atoms with E-state index in [1.165, 1.54) is 20.8 Å². The molecule has 0 aromatic heterocycles. The fourth-order valence-electron chi connectivity index (χ4n) is 2.99. The Bertz CT molecular complexity index is 504. The second kappa shape index (κ2) is 12.2. The van der Waals surface area contributed by atoms with Gasteiger partial charge in [0.2, 0.25) is 5.91 Å². The van der Waals surface area contributed by atoms with Crippen molar-refractivity contribution in [2.75, 3.05) is 18.9 Å². The molecule has 2 unspecified atom stereocenters. The Kier molecular flexibility index (Phi) is 10.7. The van der Waals surface area contributed by atoms with E-state index in [9.17, 15) is 14.4 Å². The summed E-state index contributed by atoms with van der Waals surface area (Å²) in [7, 11) is 0. The van der Waals surface area contributed by atoms with Crippen molar-refractivity contribution in [3.8, 4) is 0 Å². The minimum absolute atomic E-state index is 0.0747. The van der Waals surface area contributed by atoms with E-state index in [1.807, 2.05) is 6.92 Å². The molecule has 1 aliphatic heterocycles. The van der Waals surface area contributed by atoms with Crippen LogP contribution in [0.25, 0.3) is 0 Å². The molecule has 27 heavy (non-hydrogen) atoms. The molecule has 3 N–H and O–H groups in total. The first kappa shape index (κ1) is 23.7. The summed E-state index contributed by atoms with van der Waals surface area (Å²) in [5, 5.41) is 2.87. The van der Waals surface area contributed by atoms with Gasteiger partial charge in [0.05, 0.1) is 6.10 Å². The maximum absolute atomic E-state index is 11.7. The molecule has 9 heteroatoms. The first-order chi connectivity index (χ1) is 12.8. The lowest BCUT2D eigenvalue weighted by Gasteiger charge is -2.44. The molecule has 0 spiro atoms. The zero-order valence-electron chi connectivity index (χ0n) is 16.6.